The van der Waals surface area contributed by atoms with Gasteiger partial charge in [0.25, 0.3) is 0 Å². The molecule has 132 valence electrons. The topological polar surface area (TPSA) is 32.3 Å². The molecule has 0 radical (unpaired) electrons. The Bertz CT molecular complexity index is 721. The Morgan fingerprint density at radius 2 is 1.92 bits per heavy atom. The molecule has 3 rings (SSSR count). The van der Waals surface area contributed by atoms with Gasteiger partial charge in [-0.2, -0.15) is 0 Å². The second-order valence-corrected chi connectivity index (χ2v) is 7.27. The lowest BCUT2D eigenvalue weighted by molar-refractivity contribution is -0.121. The summed E-state index contributed by atoms with van der Waals surface area (Å²) in [7, 11) is 0. The molecule has 2 aromatic carbocycles. The number of hydrogen-bond acceptors (Lipinski definition) is 2. The van der Waals surface area contributed by atoms with Crippen LogP contribution in [0.5, 0.6) is 0 Å². The maximum absolute atomic E-state index is 12.2. The second-order valence-electron chi connectivity index (χ2n) is 6.49. The van der Waals surface area contributed by atoms with Crippen molar-refractivity contribution in [2.24, 2.45) is 0 Å². The third-order valence-electron chi connectivity index (χ3n) is 4.54. The van der Waals surface area contributed by atoms with E-state index in [1.54, 1.807) is 6.07 Å². The molecule has 2 aromatic rings. The Kier molecular flexibility index (Phi) is 6.35. The number of hydrogen-bond donors (Lipinski definition) is 1. The number of aryl methyl sites for hydroxylation is 1. The molecule has 1 amide bonds. The van der Waals surface area contributed by atoms with Gasteiger partial charge in [0.05, 0.1) is 10.0 Å². The van der Waals surface area contributed by atoms with E-state index in [0.29, 0.717) is 22.9 Å². The predicted octanol–water partition coefficient (Wildman–Crippen LogP) is 4.32. The van der Waals surface area contributed by atoms with Crippen LogP contribution in [0.1, 0.15) is 24.0 Å². The zero-order chi connectivity index (χ0) is 17.6. The van der Waals surface area contributed by atoms with Crippen molar-refractivity contribution in [1.82, 2.24) is 10.2 Å². The van der Waals surface area contributed by atoms with Crippen LogP contribution in [0.25, 0.3) is 0 Å². The molecule has 1 fully saturated rings. The van der Waals surface area contributed by atoms with Crippen LogP contribution in [0.4, 0.5) is 0 Å². The fourth-order valence-corrected chi connectivity index (χ4v) is 3.64. The van der Waals surface area contributed by atoms with Crippen molar-refractivity contribution in [2.75, 3.05) is 13.1 Å². The fourth-order valence-electron chi connectivity index (χ4n) is 3.23. The minimum Gasteiger partial charge on any atom is -0.352 e. The highest BCUT2D eigenvalue weighted by molar-refractivity contribution is 6.42. The summed E-state index contributed by atoms with van der Waals surface area (Å²) in [6, 6.07) is 16.2. The van der Waals surface area contributed by atoms with Crippen molar-refractivity contribution >= 4 is 29.1 Å². The predicted molar refractivity (Wildman–Crippen MR) is 103 cm³/mol. The fraction of sp³-hybridized carbons (Fsp3) is 0.350. The summed E-state index contributed by atoms with van der Waals surface area (Å²) in [6.07, 6.45) is 2.03. The first kappa shape index (κ1) is 18.2. The molecule has 0 aliphatic carbocycles. The van der Waals surface area contributed by atoms with Crippen LogP contribution in [0.3, 0.4) is 0 Å². The number of likely N-dealkylation sites (tertiary alicyclic amines) is 1. The van der Waals surface area contributed by atoms with Crippen LogP contribution < -0.4 is 5.32 Å². The minimum atomic E-state index is 0.0719. The van der Waals surface area contributed by atoms with Gasteiger partial charge in [-0.05, 0) is 30.0 Å². The Labute approximate surface area is 158 Å². The number of nitrogens with zero attached hydrogens (tertiary/aromatic N) is 1. The first-order valence-electron chi connectivity index (χ1n) is 8.60. The van der Waals surface area contributed by atoms with E-state index in [0.717, 1.165) is 31.6 Å². The quantitative estimate of drug-likeness (QED) is 0.813. The Hall–Kier alpha value is -1.55. The van der Waals surface area contributed by atoms with E-state index in [2.05, 4.69) is 34.5 Å². The van der Waals surface area contributed by atoms with Crippen LogP contribution in [0.2, 0.25) is 10.0 Å². The molecular formula is C20H22Cl2N2O. The van der Waals surface area contributed by atoms with Crippen molar-refractivity contribution in [3.8, 4) is 0 Å². The summed E-state index contributed by atoms with van der Waals surface area (Å²) in [6.45, 7) is 2.85. The van der Waals surface area contributed by atoms with Crippen molar-refractivity contribution in [2.45, 2.75) is 31.8 Å². The van der Waals surface area contributed by atoms with Crippen LogP contribution in [-0.2, 0) is 17.8 Å². The number of benzene rings is 2. The molecule has 1 aliphatic rings. The van der Waals surface area contributed by atoms with Crippen molar-refractivity contribution in [3.05, 3.63) is 69.7 Å². The van der Waals surface area contributed by atoms with Crippen molar-refractivity contribution in [1.29, 1.82) is 0 Å². The summed E-state index contributed by atoms with van der Waals surface area (Å²) < 4.78 is 0. The zero-order valence-electron chi connectivity index (χ0n) is 14.1. The number of halogens is 2. The lowest BCUT2D eigenvalue weighted by Gasteiger charge is -2.17. The summed E-state index contributed by atoms with van der Waals surface area (Å²) in [4.78, 5) is 14.6. The molecule has 1 aliphatic heterocycles. The highest BCUT2D eigenvalue weighted by atomic mass is 35.5. The molecule has 25 heavy (non-hydrogen) atoms. The van der Waals surface area contributed by atoms with E-state index < -0.39 is 0 Å². The number of nitrogens with one attached hydrogen (secondary N) is 1. The first-order chi connectivity index (χ1) is 12.1. The second kappa shape index (κ2) is 8.70. The molecule has 5 heteroatoms. The summed E-state index contributed by atoms with van der Waals surface area (Å²) >= 11 is 12.2. The molecule has 1 N–H and O–H groups in total. The number of amides is 1. The molecule has 3 nitrogen and oxygen atoms in total. The molecule has 1 heterocycles. The minimum absolute atomic E-state index is 0.0719. The molecule has 1 saturated heterocycles. The molecule has 1 atom stereocenters. The SMILES string of the molecule is O=C(CCc1cccc(Cl)c1Cl)NC1CCN(Cc2ccccc2)C1. The standard InChI is InChI=1S/C20H22Cl2N2O/c21-18-8-4-7-16(20(18)22)9-10-19(25)23-17-11-12-24(14-17)13-15-5-2-1-3-6-15/h1-8,17H,9-14H2,(H,23,25). The molecule has 0 saturated carbocycles. The average molecular weight is 377 g/mol. The normalized spacial score (nSPS) is 17.6. The first-order valence-corrected chi connectivity index (χ1v) is 9.36. The van der Waals surface area contributed by atoms with Crippen molar-refractivity contribution < 1.29 is 4.79 Å². The molecule has 1 unspecified atom stereocenters. The van der Waals surface area contributed by atoms with Gasteiger partial charge in [-0.15, -0.1) is 0 Å². The van der Waals surface area contributed by atoms with Crippen LogP contribution >= 0.6 is 23.2 Å². The van der Waals surface area contributed by atoms with Gasteiger partial charge in [0.15, 0.2) is 0 Å². The van der Waals surface area contributed by atoms with Crippen LogP contribution in [0, 0.1) is 0 Å². The van der Waals surface area contributed by atoms with Gasteiger partial charge in [-0.25, -0.2) is 0 Å². The van der Waals surface area contributed by atoms with Gasteiger partial charge >= 0.3 is 0 Å². The molecule has 0 aromatic heterocycles. The van der Waals surface area contributed by atoms with E-state index in [-0.39, 0.29) is 11.9 Å². The lowest BCUT2D eigenvalue weighted by atomic mass is 10.1. The number of carbonyl (C=O) groups excluding carboxylic acids is 1. The summed E-state index contributed by atoms with van der Waals surface area (Å²) in [5.74, 6) is 0.0719. The van der Waals surface area contributed by atoms with E-state index >= 15 is 0 Å². The van der Waals surface area contributed by atoms with Gasteiger partial charge in [0.2, 0.25) is 5.91 Å². The monoisotopic (exact) mass is 376 g/mol. The summed E-state index contributed by atoms with van der Waals surface area (Å²) in [5.41, 5.74) is 2.23. The summed E-state index contributed by atoms with van der Waals surface area (Å²) in [5, 5.41) is 4.22. The Balaban J connectivity index is 1.43. The smallest absolute Gasteiger partial charge is 0.220 e. The van der Waals surface area contributed by atoms with Crippen LogP contribution in [-0.4, -0.2) is 29.9 Å². The van der Waals surface area contributed by atoms with Gasteiger partial charge < -0.3 is 5.32 Å². The van der Waals surface area contributed by atoms with E-state index in [1.807, 2.05) is 18.2 Å². The molecule has 0 spiro atoms. The van der Waals surface area contributed by atoms with Gasteiger partial charge in [-0.1, -0.05) is 65.7 Å². The van der Waals surface area contributed by atoms with Crippen molar-refractivity contribution in [3.63, 3.8) is 0 Å². The number of carbonyl (C=O) groups is 1. The third kappa shape index (κ3) is 5.21. The van der Waals surface area contributed by atoms with Gasteiger partial charge in [0.1, 0.15) is 0 Å². The lowest BCUT2D eigenvalue weighted by Crippen LogP contribution is -2.37. The van der Waals surface area contributed by atoms with E-state index in [1.165, 1.54) is 5.56 Å². The van der Waals surface area contributed by atoms with Gasteiger partial charge in [-0.3, -0.25) is 9.69 Å². The number of rotatable bonds is 6. The Morgan fingerprint density at radius 3 is 2.72 bits per heavy atom. The Morgan fingerprint density at radius 1 is 1.12 bits per heavy atom. The van der Waals surface area contributed by atoms with E-state index in [9.17, 15) is 4.79 Å². The maximum Gasteiger partial charge on any atom is 0.220 e. The zero-order valence-corrected chi connectivity index (χ0v) is 15.6. The van der Waals surface area contributed by atoms with Gasteiger partial charge in [0, 0.05) is 32.1 Å². The maximum atomic E-state index is 12.2. The molecule has 0 bridgehead atoms. The third-order valence-corrected chi connectivity index (χ3v) is 5.40. The average Bonchev–Trinajstić information content (AvgIpc) is 3.04. The highest BCUT2D eigenvalue weighted by Crippen LogP contribution is 2.26. The van der Waals surface area contributed by atoms with E-state index in [4.69, 9.17) is 23.2 Å². The highest BCUT2D eigenvalue weighted by Gasteiger charge is 2.23. The largest absolute Gasteiger partial charge is 0.352 e. The van der Waals surface area contributed by atoms with Crippen LogP contribution in [0.15, 0.2) is 48.5 Å². The molecular weight excluding hydrogens is 355 g/mol.